The zero-order valence-corrected chi connectivity index (χ0v) is 10.7. The van der Waals surface area contributed by atoms with Crippen LogP contribution in [0.2, 0.25) is 0 Å². The van der Waals surface area contributed by atoms with Crippen molar-refractivity contribution in [2.24, 2.45) is 13.0 Å². The van der Waals surface area contributed by atoms with E-state index in [1.807, 2.05) is 29.0 Å². The summed E-state index contributed by atoms with van der Waals surface area (Å²) in [5.74, 6) is 0.537. The molecule has 0 aromatic carbocycles. The number of amides is 1. The van der Waals surface area contributed by atoms with Gasteiger partial charge >= 0.3 is 0 Å². The lowest BCUT2D eigenvalue weighted by Crippen LogP contribution is -2.56. The molecule has 6 nitrogen and oxygen atoms in total. The molecule has 6 heteroatoms. The maximum Gasteiger partial charge on any atom is 0.228 e. The highest BCUT2D eigenvalue weighted by atomic mass is 16.2. The fourth-order valence-corrected chi connectivity index (χ4v) is 2.48. The van der Waals surface area contributed by atoms with Crippen LogP contribution in [0.1, 0.15) is 0 Å². The molecule has 0 unspecified atom stereocenters. The number of hydrogen-bond donors (Lipinski definition) is 1. The van der Waals surface area contributed by atoms with E-state index in [4.69, 9.17) is 0 Å². The minimum Gasteiger partial charge on any atom is -0.365 e. The molecular formula is C12H19N5O. The van der Waals surface area contributed by atoms with E-state index in [2.05, 4.69) is 15.3 Å². The van der Waals surface area contributed by atoms with Gasteiger partial charge in [0.1, 0.15) is 0 Å². The van der Waals surface area contributed by atoms with Crippen LogP contribution in [0.15, 0.2) is 12.4 Å². The van der Waals surface area contributed by atoms with Gasteiger partial charge in [-0.25, -0.2) is 0 Å². The van der Waals surface area contributed by atoms with Gasteiger partial charge in [-0.1, -0.05) is 0 Å². The van der Waals surface area contributed by atoms with Crippen molar-refractivity contribution in [1.82, 2.24) is 20.0 Å². The quantitative estimate of drug-likeness (QED) is 0.752. The molecule has 0 radical (unpaired) electrons. The number of piperazine rings is 1. The molecule has 1 aromatic rings. The predicted octanol–water partition coefficient (Wildman–Crippen LogP) is -0.712. The zero-order valence-electron chi connectivity index (χ0n) is 10.7. The Morgan fingerprint density at radius 3 is 2.56 bits per heavy atom. The minimum atomic E-state index is 0.218. The fraction of sp³-hybridized carbons (Fsp3) is 0.667. The Balaban J connectivity index is 1.56. The maximum atomic E-state index is 12.1. The first-order chi connectivity index (χ1) is 8.74. The van der Waals surface area contributed by atoms with Crippen molar-refractivity contribution in [2.45, 2.75) is 0 Å². The molecule has 2 aliphatic rings. The Labute approximate surface area is 107 Å². The lowest BCUT2D eigenvalue weighted by atomic mass is 10.0. The summed E-state index contributed by atoms with van der Waals surface area (Å²) in [6, 6.07) is 0. The zero-order chi connectivity index (χ0) is 12.5. The molecule has 0 aliphatic carbocycles. The largest absolute Gasteiger partial charge is 0.365 e. The van der Waals surface area contributed by atoms with Gasteiger partial charge < -0.3 is 15.1 Å². The van der Waals surface area contributed by atoms with Crippen molar-refractivity contribution in [2.75, 3.05) is 44.2 Å². The summed E-state index contributed by atoms with van der Waals surface area (Å²) in [6.07, 6.45) is 3.90. The third-order valence-corrected chi connectivity index (χ3v) is 3.78. The lowest BCUT2D eigenvalue weighted by Gasteiger charge is -2.38. The van der Waals surface area contributed by atoms with Crippen molar-refractivity contribution in [3.05, 3.63) is 12.4 Å². The predicted molar refractivity (Wildman–Crippen MR) is 68.4 cm³/mol. The Morgan fingerprint density at radius 1 is 1.33 bits per heavy atom. The normalized spacial score (nSPS) is 20.9. The summed E-state index contributed by atoms with van der Waals surface area (Å²) in [5.41, 5.74) is 1.15. The molecule has 2 fully saturated rings. The molecule has 0 atom stereocenters. The number of rotatable bonds is 2. The van der Waals surface area contributed by atoms with Crippen LogP contribution in [-0.2, 0) is 11.8 Å². The third-order valence-electron chi connectivity index (χ3n) is 3.78. The highest BCUT2D eigenvalue weighted by Gasteiger charge is 2.31. The summed E-state index contributed by atoms with van der Waals surface area (Å²) in [6.45, 7) is 5.15. The number of nitrogens with zero attached hydrogens (tertiary/aromatic N) is 4. The van der Waals surface area contributed by atoms with Crippen molar-refractivity contribution in [1.29, 1.82) is 0 Å². The Bertz CT molecular complexity index is 431. The second kappa shape index (κ2) is 4.61. The molecule has 3 heterocycles. The highest BCUT2D eigenvalue weighted by Crippen LogP contribution is 2.16. The van der Waals surface area contributed by atoms with E-state index in [1.165, 1.54) is 0 Å². The molecule has 2 aliphatic heterocycles. The molecule has 0 saturated carbocycles. The molecule has 18 heavy (non-hydrogen) atoms. The topological polar surface area (TPSA) is 53.4 Å². The fourth-order valence-electron chi connectivity index (χ4n) is 2.48. The maximum absolute atomic E-state index is 12.1. The Kier molecular flexibility index (Phi) is 2.95. The van der Waals surface area contributed by atoms with E-state index in [9.17, 15) is 4.79 Å². The number of aromatic nitrogens is 2. The molecule has 3 rings (SSSR count). The van der Waals surface area contributed by atoms with Gasteiger partial charge in [0, 0.05) is 52.5 Å². The second-order valence-electron chi connectivity index (χ2n) is 5.04. The SMILES string of the molecule is Cn1cc(N2CCN(C(=O)C3CNC3)CC2)cn1. The van der Waals surface area contributed by atoms with Crippen LogP contribution < -0.4 is 10.2 Å². The molecule has 98 valence electrons. The average molecular weight is 249 g/mol. The first-order valence-corrected chi connectivity index (χ1v) is 6.47. The monoisotopic (exact) mass is 249 g/mol. The van der Waals surface area contributed by atoms with E-state index in [0.717, 1.165) is 45.0 Å². The first kappa shape index (κ1) is 11.5. The van der Waals surface area contributed by atoms with Crippen LogP contribution in [0.25, 0.3) is 0 Å². The molecule has 1 aromatic heterocycles. The Morgan fingerprint density at radius 2 is 2.06 bits per heavy atom. The summed E-state index contributed by atoms with van der Waals surface area (Å²) in [5, 5.41) is 7.33. The summed E-state index contributed by atoms with van der Waals surface area (Å²) >= 11 is 0. The summed E-state index contributed by atoms with van der Waals surface area (Å²) in [4.78, 5) is 16.4. The van der Waals surface area contributed by atoms with Crippen molar-refractivity contribution >= 4 is 11.6 Å². The molecule has 2 saturated heterocycles. The Hall–Kier alpha value is -1.56. The molecule has 0 bridgehead atoms. The van der Waals surface area contributed by atoms with E-state index < -0.39 is 0 Å². The van der Waals surface area contributed by atoms with Crippen molar-refractivity contribution in [3.8, 4) is 0 Å². The number of nitrogens with one attached hydrogen (secondary N) is 1. The average Bonchev–Trinajstić information content (AvgIpc) is 2.74. The van der Waals surface area contributed by atoms with Gasteiger partial charge in [-0.15, -0.1) is 0 Å². The number of aryl methyl sites for hydroxylation is 1. The van der Waals surface area contributed by atoms with Crippen LogP contribution in [0.3, 0.4) is 0 Å². The van der Waals surface area contributed by atoms with Crippen LogP contribution in [0.4, 0.5) is 5.69 Å². The lowest BCUT2D eigenvalue weighted by molar-refractivity contribution is -0.137. The standard InChI is InChI=1S/C12H19N5O/c1-15-9-11(8-14-15)16-2-4-17(5-3-16)12(18)10-6-13-7-10/h8-10,13H,2-7H2,1H3. The summed E-state index contributed by atoms with van der Waals surface area (Å²) < 4.78 is 1.81. The van der Waals surface area contributed by atoms with E-state index in [1.54, 1.807) is 0 Å². The third kappa shape index (κ3) is 2.08. The minimum absolute atomic E-state index is 0.218. The number of anilines is 1. The van der Waals surface area contributed by atoms with Crippen molar-refractivity contribution in [3.63, 3.8) is 0 Å². The van der Waals surface area contributed by atoms with E-state index >= 15 is 0 Å². The first-order valence-electron chi connectivity index (χ1n) is 6.47. The van der Waals surface area contributed by atoms with Gasteiger partial charge in [-0.2, -0.15) is 5.10 Å². The smallest absolute Gasteiger partial charge is 0.228 e. The van der Waals surface area contributed by atoms with Gasteiger partial charge in [0.05, 0.1) is 17.8 Å². The molecule has 0 spiro atoms. The highest BCUT2D eigenvalue weighted by molar-refractivity contribution is 5.80. The summed E-state index contributed by atoms with van der Waals surface area (Å²) in [7, 11) is 1.92. The number of carbonyl (C=O) groups is 1. The number of carbonyl (C=O) groups excluding carboxylic acids is 1. The van der Waals surface area contributed by atoms with E-state index in [0.29, 0.717) is 5.91 Å². The van der Waals surface area contributed by atoms with Crippen LogP contribution in [0.5, 0.6) is 0 Å². The number of hydrogen-bond acceptors (Lipinski definition) is 4. The van der Waals surface area contributed by atoms with Crippen molar-refractivity contribution < 1.29 is 4.79 Å². The molecular weight excluding hydrogens is 230 g/mol. The van der Waals surface area contributed by atoms with Crippen LogP contribution in [0, 0.1) is 5.92 Å². The van der Waals surface area contributed by atoms with Gasteiger partial charge in [0.15, 0.2) is 0 Å². The van der Waals surface area contributed by atoms with E-state index in [-0.39, 0.29) is 5.92 Å². The van der Waals surface area contributed by atoms with Gasteiger partial charge in [0.2, 0.25) is 5.91 Å². The molecule has 1 N–H and O–H groups in total. The van der Waals surface area contributed by atoms with Gasteiger partial charge in [-0.05, 0) is 0 Å². The van der Waals surface area contributed by atoms with Crippen LogP contribution >= 0.6 is 0 Å². The van der Waals surface area contributed by atoms with Gasteiger partial charge in [0.25, 0.3) is 0 Å². The van der Waals surface area contributed by atoms with Gasteiger partial charge in [-0.3, -0.25) is 9.48 Å². The second-order valence-corrected chi connectivity index (χ2v) is 5.04. The molecule has 1 amide bonds. The van der Waals surface area contributed by atoms with Crippen LogP contribution in [-0.4, -0.2) is 59.9 Å².